The zero-order chi connectivity index (χ0) is 14.0. The summed E-state index contributed by atoms with van der Waals surface area (Å²) in [6.45, 7) is 3.81. The van der Waals surface area contributed by atoms with Crippen LogP contribution in [0.15, 0.2) is 36.5 Å². The smallest absolute Gasteiger partial charge is 0.261 e. The van der Waals surface area contributed by atoms with Gasteiger partial charge in [0.25, 0.3) is 5.91 Å². The predicted octanol–water partition coefficient (Wildman–Crippen LogP) is 2.56. The molecule has 0 saturated carbocycles. The maximum atomic E-state index is 12.4. The number of hydrogen-bond donors (Lipinski definition) is 1. The molecular weight excluding hydrogens is 238 g/mol. The quantitative estimate of drug-likeness (QED) is 0.897. The first-order chi connectivity index (χ1) is 9.00. The van der Waals surface area contributed by atoms with Crippen LogP contribution in [0.25, 0.3) is 0 Å². The highest BCUT2D eigenvalue weighted by Crippen LogP contribution is 2.21. The summed E-state index contributed by atoms with van der Waals surface area (Å²) >= 11 is 0. The van der Waals surface area contributed by atoms with Crippen LogP contribution in [0.2, 0.25) is 0 Å². The fourth-order valence-corrected chi connectivity index (χ4v) is 1.99. The Morgan fingerprint density at radius 3 is 2.58 bits per heavy atom. The number of carbonyl (C=O) groups is 1. The van der Waals surface area contributed by atoms with E-state index in [0.29, 0.717) is 11.3 Å². The van der Waals surface area contributed by atoms with Crippen molar-refractivity contribution in [3.63, 3.8) is 0 Å². The topological polar surface area (TPSA) is 59.2 Å². The zero-order valence-electron chi connectivity index (χ0n) is 11.3. The van der Waals surface area contributed by atoms with Crippen molar-refractivity contribution >= 4 is 17.3 Å². The number of nitrogens with two attached hydrogens (primary N) is 1. The maximum absolute atomic E-state index is 12.4. The van der Waals surface area contributed by atoms with Crippen LogP contribution >= 0.6 is 0 Å². The van der Waals surface area contributed by atoms with Crippen molar-refractivity contribution < 1.29 is 4.79 Å². The second kappa shape index (κ2) is 5.10. The van der Waals surface area contributed by atoms with E-state index < -0.39 is 0 Å². The van der Waals surface area contributed by atoms with Crippen LogP contribution in [0.5, 0.6) is 0 Å². The lowest BCUT2D eigenvalue weighted by Crippen LogP contribution is -2.27. The van der Waals surface area contributed by atoms with Crippen LogP contribution in [0.1, 0.15) is 21.6 Å². The molecule has 2 aromatic rings. The van der Waals surface area contributed by atoms with Gasteiger partial charge >= 0.3 is 0 Å². The zero-order valence-corrected chi connectivity index (χ0v) is 11.3. The molecule has 0 fully saturated rings. The van der Waals surface area contributed by atoms with Gasteiger partial charge in [0.15, 0.2) is 0 Å². The lowest BCUT2D eigenvalue weighted by Gasteiger charge is -2.20. The monoisotopic (exact) mass is 255 g/mol. The molecule has 4 nitrogen and oxygen atoms in total. The second-order valence-corrected chi connectivity index (χ2v) is 4.56. The molecule has 19 heavy (non-hydrogen) atoms. The van der Waals surface area contributed by atoms with Crippen molar-refractivity contribution in [2.75, 3.05) is 17.7 Å². The molecular formula is C15H17N3O. The van der Waals surface area contributed by atoms with E-state index in [1.807, 2.05) is 38.1 Å². The van der Waals surface area contributed by atoms with Gasteiger partial charge in [0.05, 0.1) is 5.56 Å². The van der Waals surface area contributed by atoms with E-state index in [1.54, 1.807) is 18.0 Å². The lowest BCUT2D eigenvalue weighted by atomic mass is 10.1. The largest absolute Gasteiger partial charge is 0.398 e. The lowest BCUT2D eigenvalue weighted by molar-refractivity contribution is 0.0993. The van der Waals surface area contributed by atoms with Gasteiger partial charge in [-0.25, -0.2) is 0 Å². The van der Waals surface area contributed by atoms with Gasteiger partial charge in [0.2, 0.25) is 0 Å². The van der Waals surface area contributed by atoms with Gasteiger partial charge < -0.3 is 10.6 Å². The third-order valence-corrected chi connectivity index (χ3v) is 3.08. The number of rotatable bonds is 2. The van der Waals surface area contributed by atoms with Crippen LogP contribution in [0, 0.1) is 13.8 Å². The Morgan fingerprint density at radius 2 is 1.95 bits per heavy atom. The highest BCUT2D eigenvalue weighted by Gasteiger charge is 2.17. The Kier molecular flexibility index (Phi) is 3.51. The number of aryl methyl sites for hydroxylation is 2. The number of carbonyl (C=O) groups excluding carboxylic acids is 1. The first-order valence-electron chi connectivity index (χ1n) is 6.06. The molecule has 0 unspecified atom stereocenters. The van der Waals surface area contributed by atoms with Crippen molar-refractivity contribution in [2.45, 2.75) is 13.8 Å². The minimum absolute atomic E-state index is 0.153. The predicted molar refractivity (Wildman–Crippen MR) is 77.3 cm³/mol. The number of anilines is 2. The summed E-state index contributed by atoms with van der Waals surface area (Å²) < 4.78 is 0. The van der Waals surface area contributed by atoms with Gasteiger partial charge in [-0.1, -0.05) is 18.2 Å². The molecule has 0 saturated heterocycles. The van der Waals surface area contributed by atoms with Gasteiger partial charge in [-0.05, 0) is 31.5 Å². The Hall–Kier alpha value is -2.36. The summed E-state index contributed by atoms with van der Waals surface area (Å²) in [5.74, 6) is -0.153. The highest BCUT2D eigenvalue weighted by atomic mass is 16.2. The van der Waals surface area contributed by atoms with Gasteiger partial charge in [0.1, 0.15) is 0 Å². The number of aromatic nitrogens is 1. The summed E-state index contributed by atoms with van der Waals surface area (Å²) in [7, 11) is 1.74. The second-order valence-electron chi connectivity index (χ2n) is 4.56. The molecule has 0 aliphatic rings. The number of pyridine rings is 1. The average molecular weight is 255 g/mol. The van der Waals surface area contributed by atoms with Crippen LogP contribution in [0.4, 0.5) is 11.4 Å². The molecule has 98 valence electrons. The molecule has 1 aromatic heterocycles. The van der Waals surface area contributed by atoms with E-state index in [1.165, 1.54) is 6.20 Å². The van der Waals surface area contributed by atoms with Crippen molar-refractivity contribution in [1.29, 1.82) is 0 Å². The summed E-state index contributed by atoms with van der Waals surface area (Å²) in [5.41, 5.74) is 9.48. The summed E-state index contributed by atoms with van der Waals surface area (Å²) in [5, 5.41) is 0. The third kappa shape index (κ3) is 2.57. The molecule has 2 N–H and O–H groups in total. The van der Waals surface area contributed by atoms with E-state index in [0.717, 1.165) is 16.9 Å². The van der Waals surface area contributed by atoms with Crippen LogP contribution in [0.3, 0.4) is 0 Å². The van der Waals surface area contributed by atoms with Crippen LogP contribution in [-0.4, -0.2) is 17.9 Å². The normalized spacial score (nSPS) is 10.3. The average Bonchev–Trinajstić information content (AvgIpc) is 2.38. The molecule has 0 radical (unpaired) electrons. The fraction of sp³-hybridized carbons (Fsp3) is 0.200. The maximum Gasteiger partial charge on any atom is 0.261 e. The molecule has 2 rings (SSSR count). The molecule has 0 spiro atoms. The van der Waals surface area contributed by atoms with E-state index in [4.69, 9.17) is 5.73 Å². The van der Waals surface area contributed by atoms with E-state index >= 15 is 0 Å². The Bertz CT molecular complexity index is 623. The van der Waals surface area contributed by atoms with Crippen LogP contribution < -0.4 is 10.6 Å². The standard InChI is InChI=1S/C15H17N3O/c1-10-6-4-5-7-14(10)18(3)15(19)12-9-17-11(2)8-13(12)16/h4-9H,1-3H3,(H2,16,17). The third-order valence-electron chi connectivity index (χ3n) is 3.08. The van der Waals surface area contributed by atoms with E-state index in [-0.39, 0.29) is 5.91 Å². The van der Waals surface area contributed by atoms with Crippen molar-refractivity contribution in [3.8, 4) is 0 Å². The molecule has 0 atom stereocenters. The summed E-state index contributed by atoms with van der Waals surface area (Å²) in [6, 6.07) is 9.43. The molecule has 0 bridgehead atoms. The molecule has 1 heterocycles. The van der Waals surface area contributed by atoms with Crippen LogP contribution in [-0.2, 0) is 0 Å². The number of nitrogen functional groups attached to an aromatic ring is 1. The minimum atomic E-state index is -0.153. The molecule has 0 aliphatic carbocycles. The Morgan fingerprint density at radius 1 is 1.26 bits per heavy atom. The van der Waals surface area contributed by atoms with Gasteiger partial charge in [0, 0.05) is 30.3 Å². The summed E-state index contributed by atoms with van der Waals surface area (Å²) in [6.07, 6.45) is 1.53. The van der Waals surface area contributed by atoms with Crippen molar-refractivity contribution in [3.05, 3.63) is 53.3 Å². The molecule has 4 heteroatoms. The number of nitrogens with zero attached hydrogens (tertiary/aromatic N) is 2. The summed E-state index contributed by atoms with van der Waals surface area (Å²) in [4.78, 5) is 18.2. The molecule has 1 amide bonds. The fourth-order valence-electron chi connectivity index (χ4n) is 1.99. The molecule has 0 aliphatic heterocycles. The molecule has 1 aromatic carbocycles. The number of hydrogen-bond acceptors (Lipinski definition) is 3. The van der Waals surface area contributed by atoms with Gasteiger partial charge in [-0.15, -0.1) is 0 Å². The first-order valence-corrected chi connectivity index (χ1v) is 6.06. The van der Waals surface area contributed by atoms with Crippen molar-refractivity contribution in [1.82, 2.24) is 4.98 Å². The SMILES string of the molecule is Cc1cc(N)c(C(=O)N(C)c2ccccc2C)cn1. The van der Waals surface area contributed by atoms with Crippen molar-refractivity contribution in [2.24, 2.45) is 0 Å². The Labute approximate surface area is 112 Å². The van der Waals surface area contributed by atoms with Gasteiger partial charge in [-0.3, -0.25) is 9.78 Å². The highest BCUT2D eigenvalue weighted by molar-refractivity contribution is 6.09. The minimum Gasteiger partial charge on any atom is -0.398 e. The Balaban J connectivity index is 2.37. The first kappa shape index (κ1) is 13.1. The number of para-hydroxylation sites is 1. The number of benzene rings is 1. The van der Waals surface area contributed by atoms with E-state index in [2.05, 4.69) is 4.98 Å². The van der Waals surface area contributed by atoms with E-state index in [9.17, 15) is 4.79 Å². The number of amides is 1. The van der Waals surface area contributed by atoms with Gasteiger partial charge in [-0.2, -0.15) is 0 Å².